The van der Waals surface area contributed by atoms with Gasteiger partial charge in [-0.25, -0.2) is 0 Å². The monoisotopic (exact) mass is 933 g/mol. The number of hydrogen-bond acceptors (Lipinski definition) is 26. The lowest BCUT2D eigenvalue weighted by Gasteiger charge is -2.48. The smallest absolute Gasteiger partial charge is 0.303 e. The number of carbonyl (C=O) groups excluding carboxylic acids is 9. The Hall–Kier alpha value is -5.56. The fourth-order valence-electron chi connectivity index (χ4n) is 7.25. The van der Waals surface area contributed by atoms with Gasteiger partial charge in [0.15, 0.2) is 61.6 Å². The molecule has 0 amide bonds. The molecular formula is C39H51NO25. The van der Waals surface area contributed by atoms with Crippen molar-refractivity contribution in [3.05, 3.63) is 0 Å². The van der Waals surface area contributed by atoms with Crippen LogP contribution in [0.15, 0.2) is 0 Å². The van der Waals surface area contributed by atoms with E-state index >= 15 is 0 Å². The van der Waals surface area contributed by atoms with Crippen molar-refractivity contribution in [1.29, 1.82) is 5.26 Å². The van der Waals surface area contributed by atoms with Gasteiger partial charge in [0.2, 0.25) is 0 Å². The summed E-state index contributed by atoms with van der Waals surface area (Å²) >= 11 is 0. The van der Waals surface area contributed by atoms with Crippen molar-refractivity contribution in [2.75, 3.05) is 19.8 Å². The van der Waals surface area contributed by atoms with E-state index in [1.54, 1.807) is 0 Å². The first-order valence-corrected chi connectivity index (χ1v) is 19.9. The molecule has 0 bridgehead atoms. The summed E-state index contributed by atoms with van der Waals surface area (Å²) in [5, 5.41) is 10.0. The lowest BCUT2D eigenvalue weighted by molar-refractivity contribution is -0.352. The second-order valence-corrected chi connectivity index (χ2v) is 14.9. The number of esters is 9. The second-order valence-electron chi connectivity index (χ2n) is 14.9. The molecule has 0 radical (unpaired) electrons. The van der Waals surface area contributed by atoms with Gasteiger partial charge in [0, 0.05) is 69.2 Å². The highest BCUT2D eigenvalue weighted by Gasteiger charge is 2.62. The van der Waals surface area contributed by atoms with Gasteiger partial charge in [-0.05, 0) is 0 Å². The molecular weight excluding hydrogens is 882 g/mol. The zero-order chi connectivity index (χ0) is 48.5. The van der Waals surface area contributed by atoms with Crippen LogP contribution in [-0.4, -0.2) is 171 Å². The molecule has 65 heavy (non-hydrogen) atoms. The number of hydrogen-bond donors (Lipinski definition) is 0. The van der Waals surface area contributed by atoms with E-state index in [4.69, 9.17) is 75.8 Å². The molecule has 0 saturated carbocycles. The fraction of sp³-hybridized carbons (Fsp3) is 0.744. The Balaban J connectivity index is 1.81. The molecule has 4 fully saturated rings. The van der Waals surface area contributed by atoms with Crippen molar-refractivity contribution >= 4 is 53.7 Å². The standard InChI is InChI=1S/C39H51NO25/c1-15(41)50-11-24-27(53-17(3)43)30(56-20(6)46)33(58-22(8)48)36(60-24)52-13-26-29(55-19(5)45)32(35-38(62-26)65-39(10,14-40)64-35)63-37-34(59-23(9)49)31(57-21(7)47)28(54-18(4)44)25(61-37)12-51-16(2)42/h24-38H,11-13H2,1-10H3/t24-,25-,26-,27-,28-,29-,30+,31+,32+,33+,34+,35+,36+,37-,38+,39-/m1/s1. The maximum Gasteiger partial charge on any atom is 0.303 e. The van der Waals surface area contributed by atoms with E-state index < -0.39 is 171 Å². The van der Waals surface area contributed by atoms with Crippen LogP contribution in [0.5, 0.6) is 0 Å². The number of nitrogens with zero attached hydrogens (tertiary/aromatic N) is 1. The summed E-state index contributed by atoms with van der Waals surface area (Å²) < 4.78 is 91.4. The molecule has 4 heterocycles. The molecule has 0 N–H and O–H groups in total. The molecule has 4 aliphatic heterocycles. The highest BCUT2D eigenvalue weighted by atomic mass is 16.8. The van der Waals surface area contributed by atoms with E-state index in [0.29, 0.717) is 0 Å². The van der Waals surface area contributed by atoms with Crippen LogP contribution in [0.2, 0.25) is 0 Å². The minimum Gasteiger partial charge on any atom is -0.463 e. The van der Waals surface area contributed by atoms with Gasteiger partial charge in [0.25, 0.3) is 5.79 Å². The predicted octanol–water partition coefficient (Wildman–Crippen LogP) is -1.13. The molecule has 0 aromatic heterocycles. The quantitative estimate of drug-likeness (QED) is 0.130. The molecule has 0 aromatic rings. The highest BCUT2D eigenvalue weighted by molar-refractivity contribution is 5.70. The summed E-state index contributed by atoms with van der Waals surface area (Å²) in [6.45, 7) is 8.51. The zero-order valence-electron chi connectivity index (χ0n) is 36.9. The van der Waals surface area contributed by atoms with Crippen LogP contribution in [-0.2, 0) is 119 Å². The van der Waals surface area contributed by atoms with E-state index in [9.17, 15) is 48.4 Å². The Labute approximate surface area is 370 Å². The van der Waals surface area contributed by atoms with Gasteiger partial charge in [-0.1, -0.05) is 0 Å². The first kappa shape index (κ1) is 52.1. The minimum atomic E-state index is -2.05. The summed E-state index contributed by atoms with van der Waals surface area (Å²) in [6, 6.07) is 1.83. The van der Waals surface area contributed by atoms with Crippen molar-refractivity contribution in [2.24, 2.45) is 0 Å². The number of rotatable bonds is 16. The van der Waals surface area contributed by atoms with Crippen LogP contribution in [0, 0.1) is 11.3 Å². The molecule has 26 heteroatoms. The van der Waals surface area contributed by atoms with Crippen LogP contribution >= 0.6 is 0 Å². The third-order valence-electron chi connectivity index (χ3n) is 9.41. The Bertz CT molecular complexity index is 1850. The Morgan fingerprint density at radius 3 is 1.20 bits per heavy atom. The van der Waals surface area contributed by atoms with Crippen LogP contribution in [0.25, 0.3) is 0 Å². The average molecular weight is 934 g/mol. The van der Waals surface area contributed by atoms with Crippen LogP contribution in [0.4, 0.5) is 0 Å². The van der Waals surface area contributed by atoms with Crippen molar-refractivity contribution in [2.45, 2.75) is 167 Å². The molecule has 0 spiro atoms. The maximum atomic E-state index is 12.9. The van der Waals surface area contributed by atoms with E-state index in [1.807, 2.05) is 6.07 Å². The van der Waals surface area contributed by atoms with Gasteiger partial charge < -0.3 is 75.8 Å². The van der Waals surface area contributed by atoms with Gasteiger partial charge >= 0.3 is 53.7 Å². The molecule has 16 atom stereocenters. The largest absolute Gasteiger partial charge is 0.463 e. The number of ether oxygens (including phenoxy) is 16. The van der Waals surface area contributed by atoms with Crippen molar-refractivity contribution < 1.29 is 119 Å². The summed E-state index contributed by atoms with van der Waals surface area (Å²) in [5.74, 6) is -10.1. The average Bonchev–Trinajstić information content (AvgIpc) is 3.52. The van der Waals surface area contributed by atoms with Gasteiger partial charge in [-0.3, -0.25) is 43.2 Å². The van der Waals surface area contributed by atoms with Crippen LogP contribution in [0.1, 0.15) is 69.2 Å². The van der Waals surface area contributed by atoms with E-state index in [2.05, 4.69) is 0 Å². The maximum absolute atomic E-state index is 12.9. The first-order valence-electron chi connectivity index (χ1n) is 19.9. The zero-order valence-corrected chi connectivity index (χ0v) is 36.9. The van der Waals surface area contributed by atoms with Gasteiger partial charge in [0.05, 0.1) is 6.61 Å². The van der Waals surface area contributed by atoms with Crippen molar-refractivity contribution in [3.63, 3.8) is 0 Å². The molecule has 4 saturated heterocycles. The Kier molecular flexibility index (Phi) is 18.1. The summed E-state index contributed by atoms with van der Waals surface area (Å²) in [4.78, 5) is 111. The highest BCUT2D eigenvalue weighted by Crippen LogP contribution is 2.41. The normalized spacial score (nSPS) is 35.1. The van der Waals surface area contributed by atoms with E-state index in [-0.39, 0.29) is 0 Å². The third kappa shape index (κ3) is 14.2. The number of nitriles is 1. The third-order valence-corrected chi connectivity index (χ3v) is 9.41. The van der Waals surface area contributed by atoms with Gasteiger partial charge in [-0.2, -0.15) is 5.26 Å². The predicted molar refractivity (Wildman–Crippen MR) is 199 cm³/mol. The number of fused-ring (bicyclic) bond motifs is 1. The van der Waals surface area contributed by atoms with Gasteiger partial charge in [0.1, 0.15) is 49.8 Å². The molecule has 0 unspecified atom stereocenters. The fourth-order valence-corrected chi connectivity index (χ4v) is 7.25. The molecule has 0 aromatic carbocycles. The Morgan fingerprint density at radius 1 is 0.446 bits per heavy atom. The lowest BCUT2D eigenvalue weighted by Crippen LogP contribution is -2.66. The minimum absolute atomic E-state index is 0.596. The Morgan fingerprint density at radius 2 is 0.800 bits per heavy atom. The topological polar surface area (TPSA) is 325 Å². The van der Waals surface area contributed by atoms with Gasteiger partial charge in [-0.15, -0.1) is 0 Å². The first-order chi connectivity index (χ1) is 30.4. The summed E-state index contributed by atoms with van der Waals surface area (Å²) in [6.07, 6.45) is -24.5. The van der Waals surface area contributed by atoms with Crippen molar-refractivity contribution in [3.8, 4) is 6.07 Å². The van der Waals surface area contributed by atoms with E-state index in [1.165, 1.54) is 6.92 Å². The SMILES string of the molecule is CC(=O)OC[C@H]1O[C@H](OC[C@H]2O[C@H]3O[C@](C)(C#N)O[C@H]3[C@@H](O[C@H]3O[C@H](COC(C)=O)[C@@H](OC(C)=O)[C@H](OC(C)=O)[C@@H]3OC(C)=O)[C@@H]2OC(C)=O)[C@@H](OC(C)=O)[C@@H](OC(C)=O)[C@@H]1OC(C)=O. The van der Waals surface area contributed by atoms with Crippen LogP contribution in [0.3, 0.4) is 0 Å². The molecule has 0 aliphatic carbocycles. The van der Waals surface area contributed by atoms with Crippen molar-refractivity contribution in [1.82, 2.24) is 0 Å². The number of carbonyl (C=O) groups is 9. The van der Waals surface area contributed by atoms with E-state index in [0.717, 1.165) is 62.3 Å². The second kappa shape index (κ2) is 22.6. The molecule has 26 nitrogen and oxygen atoms in total. The summed E-state index contributed by atoms with van der Waals surface area (Å²) in [5.41, 5.74) is 0. The molecule has 4 aliphatic rings. The lowest BCUT2D eigenvalue weighted by atomic mass is 9.96. The summed E-state index contributed by atoms with van der Waals surface area (Å²) in [7, 11) is 0. The molecule has 4 rings (SSSR count). The van der Waals surface area contributed by atoms with Crippen LogP contribution < -0.4 is 0 Å². The molecule has 362 valence electrons.